The average Bonchev–Trinajstić information content (AvgIpc) is 2.74. The van der Waals surface area contributed by atoms with Crippen molar-refractivity contribution in [2.24, 2.45) is 0 Å². The first-order chi connectivity index (χ1) is 13.3. The van der Waals surface area contributed by atoms with E-state index in [-0.39, 0.29) is 6.61 Å². The molecule has 0 aromatic heterocycles. The SMILES string of the molecule is OCCOc1ccc2cc([SiH](c3ccccc3)c3ccccc3)ccc2c1. The predicted octanol–water partition coefficient (Wildman–Crippen LogP) is 2.46. The molecule has 27 heavy (non-hydrogen) atoms. The first kappa shape index (κ1) is 17.5. The number of benzene rings is 4. The summed E-state index contributed by atoms with van der Waals surface area (Å²) in [6, 6.07) is 34.6. The molecule has 2 nitrogen and oxygen atoms in total. The molecule has 4 aromatic carbocycles. The van der Waals surface area contributed by atoms with Crippen LogP contribution in [0.25, 0.3) is 10.8 Å². The van der Waals surface area contributed by atoms with Gasteiger partial charge in [0.1, 0.15) is 21.2 Å². The first-order valence-corrected chi connectivity index (χ1v) is 11.0. The monoisotopic (exact) mass is 370 g/mol. The molecule has 0 amide bonds. The van der Waals surface area contributed by atoms with Gasteiger partial charge < -0.3 is 9.84 Å². The van der Waals surface area contributed by atoms with Crippen LogP contribution in [0.1, 0.15) is 0 Å². The largest absolute Gasteiger partial charge is 0.491 e. The molecule has 0 atom stereocenters. The van der Waals surface area contributed by atoms with E-state index in [1.807, 2.05) is 12.1 Å². The number of aliphatic hydroxyl groups excluding tert-OH is 1. The molecule has 0 aliphatic carbocycles. The summed E-state index contributed by atoms with van der Waals surface area (Å²) >= 11 is 0. The summed E-state index contributed by atoms with van der Waals surface area (Å²) in [6.45, 7) is 0.346. The van der Waals surface area contributed by atoms with Crippen LogP contribution in [0.5, 0.6) is 5.75 Å². The van der Waals surface area contributed by atoms with Crippen molar-refractivity contribution in [2.45, 2.75) is 0 Å². The fraction of sp³-hybridized carbons (Fsp3) is 0.0833. The van der Waals surface area contributed by atoms with E-state index in [4.69, 9.17) is 9.84 Å². The highest BCUT2D eigenvalue weighted by molar-refractivity contribution is 6.95. The minimum atomic E-state index is -1.51. The van der Waals surface area contributed by atoms with E-state index >= 15 is 0 Å². The number of hydrogen-bond acceptors (Lipinski definition) is 2. The summed E-state index contributed by atoms with van der Waals surface area (Å²) in [5.41, 5.74) is 0. The topological polar surface area (TPSA) is 29.5 Å². The zero-order valence-corrected chi connectivity index (χ0v) is 16.2. The lowest BCUT2D eigenvalue weighted by molar-refractivity contribution is 0.201. The lowest BCUT2D eigenvalue weighted by Gasteiger charge is -2.18. The smallest absolute Gasteiger partial charge is 0.132 e. The molecule has 0 heterocycles. The summed E-state index contributed by atoms with van der Waals surface area (Å²) < 4.78 is 5.54. The van der Waals surface area contributed by atoms with Crippen molar-refractivity contribution < 1.29 is 9.84 Å². The minimum Gasteiger partial charge on any atom is -0.491 e. The normalized spacial score (nSPS) is 11.0. The van der Waals surface area contributed by atoms with Crippen LogP contribution < -0.4 is 20.3 Å². The minimum absolute atomic E-state index is 0.0262. The molecule has 0 fully saturated rings. The molecule has 0 saturated heterocycles. The summed E-state index contributed by atoms with van der Waals surface area (Å²) in [4.78, 5) is 0. The van der Waals surface area contributed by atoms with Gasteiger partial charge in [0.25, 0.3) is 0 Å². The number of ether oxygens (including phenoxy) is 1. The van der Waals surface area contributed by atoms with Gasteiger partial charge in [0, 0.05) is 0 Å². The van der Waals surface area contributed by atoms with E-state index in [0.29, 0.717) is 6.61 Å². The van der Waals surface area contributed by atoms with Crippen LogP contribution >= 0.6 is 0 Å². The fourth-order valence-corrected chi connectivity index (χ4v) is 6.55. The molecule has 0 radical (unpaired) electrons. The van der Waals surface area contributed by atoms with Gasteiger partial charge in [0.15, 0.2) is 0 Å². The van der Waals surface area contributed by atoms with E-state index < -0.39 is 8.80 Å². The van der Waals surface area contributed by atoms with Crippen molar-refractivity contribution in [2.75, 3.05) is 13.2 Å². The standard InChI is InChI=1S/C24H22O2Si/c25-15-16-26-21-13-11-20-18-24(14-12-19(20)17-21)27(22-7-3-1-4-8-22)23-9-5-2-6-10-23/h1-14,17-18,25,27H,15-16H2. The molecule has 0 saturated carbocycles. The molecule has 3 heteroatoms. The van der Waals surface area contributed by atoms with E-state index in [1.165, 1.54) is 20.9 Å². The van der Waals surface area contributed by atoms with Gasteiger partial charge in [-0.15, -0.1) is 0 Å². The van der Waals surface area contributed by atoms with Crippen LogP contribution in [0.4, 0.5) is 0 Å². The molecule has 1 N–H and O–H groups in total. The molecule has 4 rings (SSSR count). The second-order valence-electron chi connectivity index (χ2n) is 6.59. The van der Waals surface area contributed by atoms with E-state index in [2.05, 4.69) is 84.9 Å². The van der Waals surface area contributed by atoms with Gasteiger partial charge in [-0.05, 0) is 22.9 Å². The molecular weight excluding hydrogens is 348 g/mol. The molecule has 4 aromatic rings. The van der Waals surface area contributed by atoms with Gasteiger partial charge in [-0.3, -0.25) is 0 Å². The third kappa shape index (κ3) is 3.95. The van der Waals surface area contributed by atoms with E-state index in [9.17, 15) is 0 Å². The fourth-order valence-electron chi connectivity index (χ4n) is 3.54. The molecule has 0 bridgehead atoms. The third-order valence-electron chi connectivity index (χ3n) is 4.79. The summed E-state index contributed by atoms with van der Waals surface area (Å²) in [5, 5.41) is 15.6. The Morgan fingerprint density at radius 1 is 0.630 bits per heavy atom. The number of rotatable bonds is 6. The molecule has 134 valence electrons. The van der Waals surface area contributed by atoms with Gasteiger partial charge >= 0.3 is 0 Å². The number of fused-ring (bicyclic) bond motifs is 1. The summed E-state index contributed by atoms with van der Waals surface area (Å²) in [5.74, 6) is 0.796. The molecule has 0 aliphatic rings. The van der Waals surface area contributed by atoms with Crippen LogP contribution in [0.3, 0.4) is 0 Å². The Morgan fingerprint density at radius 2 is 1.22 bits per heavy atom. The van der Waals surface area contributed by atoms with Crippen molar-refractivity contribution in [1.82, 2.24) is 0 Å². The highest BCUT2D eigenvalue weighted by Gasteiger charge is 2.18. The van der Waals surface area contributed by atoms with Gasteiger partial charge in [-0.25, -0.2) is 0 Å². The van der Waals surface area contributed by atoms with Crippen molar-refractivity contribution in [3.05, 3.63) is 97.1 Å². The average molecular weight is 371 g/mol. The van der Waals surface area contributed by atoms with Gasteiger partial charge in [-0.2, -0.15) is 0 Å². The van der Waals surface area contributed by atoms with Crippen molar-refractivity contribution >= 4 is 35.1 Å². The van der Waals surface area contributed by atoms with Crippen molar-refractivity contribution in [3.8, 4) is 5.75 Å². The van der Waals surface area contributed by atoms with E-state index in [0.717, 1.165) is 11.1 Å². The lowest BCUT2D eigenvalue weighted by atomic mass is 10.1. The third-order valence-corrected chi connectivity index (χ3v) is 7.92. The highest BCUT2D eigenvalue weighted by atomic mass is 28.3. The van der Waals surface area contributed by atoms with Crippen LogP contribution in [-0.2, 0) is 0 Å². The summed E-state index contributed by atoms with van der Waals surface area (Å²) in [6.07, 6.45) is 0. The maximum Gasteiger partial charge on any atom is 0.132 e. The maximum absolute atomic E-state index is 8.93. The summed E-state index contributed by atoms with van der Waals surface area (Å²) in [7, 11) is -1.51. The van der Waals surface area contributed by atoms with Gasteiger partial charge in [0.2, 0.25) is 0 Å². The zero-order valence-electron chi connectivity index (χ0n) is 15.1. The first-order valence-electron chi connectivity index (χ1n) is 9.22. The van der Waals surface area contributed by atoms with E-state index in [1.54, 1.807) is 0 Å². The molecule has 0 aliphatic heterocycles. The van der Waals surface area contributed by atoms with Crippen LogP contribution in [-0.4, -0.2) is 27.1 Å². The lowest BCUT2D eigenvalue weighted by Crippen LogP contribution is -2.51. The second kappa shape index (κ2) is 8.21. The number of aliphatic hydroxyl groups is 1. The van der Waals surface area contributed by atoms with Crippen LogP contribution in [0.15, 0.2) is 97.1 Å². The van der Waals surface area contributed by atoms with Gasteiger partial charge in [0.05, 0.1) is 6.61 Å². The Balaban J connectivity index is 1.77. The Labute approximate surface area is 161 Å². The molecule has 0 spiro atoms. The van der Waals surface area contributed by atoms with Gasteiger partial charge in [-0.1, -0.05) is 100 Å². The van der Waals surface area contributed by atoms with Crippen LogP contribution in [0.2, 0.25) is 0 Å². The Bertz CT molecular complexity index is 977. The maximum atomic E-state index is 8.93. The predicted molar refractivity (Wildman–Crippen MR) is 115 cm³/mol. The Kier molecular flexibility index (Phi) is 5.33. The molecular formula is C24H22O2Si. The number of hydrogen-bond donors (Lipinski definition) is 1. The Hall–Kier alpha value is -2.88. The van der Waals surface area contributed by atoms with Crippen LogP contribution in [0, 0.1) is 0 Å². The van der Waals surface area contributed by atoms with Crippen molar-refractivity contribution in [1.29, 1.82) is 0 Å². The second-order valence-corrected chi connectivity index (χ2v) is 9.46. The molecule has 0 unspecified atom stereocenters. The Morgan fingerprint density at radius 3 is 1.85 bits per heavy atom. The zero-order chi connectivity index (χ0) is 18.5. The quantitative estimate of drug-likeness (QED) is 0.417. The highest BCUT2D eigenvalue weighted by Crippen LogP contribution is 2.20. The van der Waals surface area contributed by atoms with Crippen molar-refractivity contribution in [3.63, 3.8) is 0 Å².